The molecule has 1 amide bonds. The first kappa shape index (κ1) is 24.5. The smallest absolute Gasteiger partial charge is 0.222 e. The van der Waals surface area contributed by atoms with E-state index < -0.39 is 0 Å². The molecule has 0 spiro atoms. The van der Waals surface area contributed by atoms with Crippen molar-refractivity contribution in [2.24, 2.45) is 10.9 Å². The Morgan fingerprint density at radius 3 is 2.62 bits per heavy atom. The number of guanidine groups is 1. The molecule has 2 heterocycles. The Labute approximate surface area is 193 Å². The number of ether oxygens (including phenoxy) is 1. The molecule has 2 saturated heterocycles. The van der Waals surface area contributed by atoms with Crippen LogP contribution in [0.5, 0.6) is 0 Å². The predicted octanol–water partition coefficient (Wildman–Crippen LogP) is 2.61. The van der Waals surface area contributed by atoms with Gasteiger partial charge in [-0.1, -0.05) is 38.1 Å². The highest BCUT2D eigenvalue weighted by Crippen LogP contribution is 2.16. The van der Waals surface area contributed by atoms with Crippen LogP contribution in [-0.4, -0.2) is 73.6 Å². The monoisotopic (exact) mass is 443 g/mol. The van der Waals surface area contributed by atoms with Crippen LogP contribution in [0.3, 0.4) is 0 Å². The van der Waals surface area contributed by atoms with Crippen LogP contribution in [0.1, 0.15) is 51.2 Å². The summed E-state index contributed by atoms with van der Waals surface area (Å²) in [4.78, 5) is 21.3. The van der Waals surface area contributed by atoms with E-state index in [2.05, 4.69) is 60.6 Å². The number of nitrogens with one attached hydrogen (secondary N) is 2. The number of hydrogen-bond acceptors (Lipinski definition) is 4. The van der Waals surface area contributed by atoms with Crippen LogP contribution >= 0.6 is 0 Å². The predicted molar refractivity (Wildman–Crippen MR) is 130 cm³/mol. The summed E-state index contributed by atoms with van der Waals surface area (Å²) in [5, 5.41) is 6.96. The molecule has 7 nitrogen and oxygen atoms in total. The number of hydrogen-bond donors (Lipinski definition) is 2. The molecular formula is C25H41N5O2. The maximum atomic E-state index is 11.9. The number of amides is 1. The quantitative estimate of drug-likeness (QED) is 0.430. The van der Waals surface area contributed by atoms with Crippen LogP contribution in [0.15, 0.2) is 29.3 Å². The highest BCUT2D eigenvalue weighted by Gasteiger charge is 2.22. The zero-order valence-electron chi connectivity index (χ0n) is 20.1. The summed E-state index contributed by atoms with van der Waals surface area (Å²) >= 11 is 0. The molecule has 0 saturated carbocycles. The third-order valence-electron chi connectivity index (χ3n) is 6.11. The van der Waals surface area contributed by atoms with Crippen molar-refractivity contribution >= 4 is 11.9 Å². The molecule has 32 heavy (non-hydrogen) atoms. The van der Waals surface area contributed by atoms with Crippen molar-refractivity contribution < 1.29 is 9.53 Å². The summed E-state index contributed by atoms with van der Waals surface area (Å²) in [6.07, 6.45) is 2.82. The average Bonchev–Trinajstić information content (AvgIpc) is 3.19. The SMILES string of the molecule is CCNC(=NCc1cccc(CN2CCCC2=O)c1)NCC(CC(C)C)N1CCOCC1. The second kappa shape index (κ2) is 12.8. The molecule has 2 aliphatic heterocycles. The Balaban J connectivity index is 1.58. The largest absolute Gasteiger partial charge is 0.379 e. The van der Waals surface area contributed by atoms with Crippen LogP contribution in [0.2, 0.25) is 0 Å². The van der Waals surface area contributed by atoms with E-state index in [1.807, 2.05) is 4.90 Å². The van der Waals surface area contributed by atoms with E-state index in [1.165, 1.54) is 11.1 Å². The summed E-state index contributed by atoms with van der Waals surface area (Å²) in [6, 6.07) is 8.93. The van der Waals surface area contributed by atoms with E-state index in [9.17, 15) is 4.79 Å². The number of carbonyl (C=O) groups excluding carboxylic acids is 1. The number of nitrogens with zero attached hydrogens (tertiary/aromatic N) is 3. The van der Waals surface area contributed by atoms with Crippen molar-refractivity contribution in [1.82, 2.24) is 20.4 Å². The van der Waals surface area contributed by atoms with Gasteiger partial charge in [0, 0.05) is 51.7 Å². The van der Waals surface area contributed by atoms with Crippen molar-refractivity contribution in [3.63, 3.8) is 0 Å². The molecule has 0 radical (unpaired) electrons. The van der Waals surface area contributed by atoms with Crippen molar-refractivity contribution in [2.75, 3.05) is 45.9 Å². The van der Waals surface area contributed by atoms with Crippen LogP contribution in [0.4, 0.5) is 0 Å². The van der Waals surface area contributed by atoms with E-state index >= 15 is 0 Å². The van der Waals surface area contributed by atoms with Gasteiger partial charge in [-0.05, 0) is 36.8 Å². The summed E-state index contributed by atoms with van der Waals surface area (Å²) in [5.74, 6) is 1.77. The molecule has 178 valence electrons. The first-order valence-corrected chi connectivity index (χ1v) is 12.2. The molecule has 1 aromatic carbocycles. The molecule has 1 unspecified atom stereocenters. The topological polar surface area (TPSA) is 69.2 Å². The third kappa shape index (κ3) is 7.78. The molecule has 0 aliphatic carbocycles. The Kier molecular flexibility index (Phi) is 9.81. The third-order valence-corrected chi connectivity index (χ3v) is 6.11. The summed E-state index contributed by atoms with van der Waals surface area (Å²) < 4.78 is 5.54. The highest BCUT2D eigenvalue weighted by molar-refractivity contribution is 5.79. The Morgan fingerprint density at radius 2 is 1.94 bits per heavy atom. The van der Waals surface area contributed by atoms with Gasteiger partial charge in [0.2, 0.25) is 5.91 Å². The minimum atomic E-state index is 0.267. The molecule has 3 rings (SSSR count). The minimum Gasteiger partial charge on any atom is -0.379 e. The Morgan fingerprint density at radius 1 is 1.16 bits per heavy atom. The molecule has 7 heteroatoms. The molecule has 2 aliphatic rings. The number of rotatable bonds is 10. The fraction of sp³-hybridized carbons (Fsp3) is 0.680. The lowest BCUT2D eigenvalue weighted by Gasteiger charge is -2.35. The van der Waals surface area contributed by atoms with Gasteiger partial charge in [0.25, 0.3) is 0 Å². The average molecular weight is 444 g/mol. The number of likely N-dealkylation sites (tertiary alicyclic amines) is 1. The van der Waals surface area contributed by atoms with Gasteiger partial charge in [-0.3, -0.25) is 9.69 Å². The first-order valence-electron chi connectivity index (χ1n) is 12.2. The summed E-state index contributed by atoms with van der Waals surface area (Å²) in [6.45, 7) is 14.2. The maximum absolute atomic E-state index is 11.9. The van der Waals surface area contributed by atoms with Gasteiger partial charge in [0.15, 0.2) is 5.96 Å². The molecule has 2 fully saturated rings. The van der Waals surface area contributed by atoms with Crippen LogP contribution in [0, 0.1) is 5.92 Å². The molecule has 1 atom stereocenters. The zero-order chi connectivity index (χ0) is 22.8. The normalized spacial score (nSPS) is 18.9. The van der Waals surface area contributed by atoms with Gasteiger partial charge >= 0.3 is 0 Å². The van der Waals surface area contributed by atoms with Crippen LogP contribution in [-0.2, 0) is 22.6 Å². The second-order valence-electron chi connectivity index (χ2n) is 9.25. The van der Waals surface area contributed by atoms with Crippen molar-refractivity contribution in [1.29, 1.82) is 0 Å². The van der Waals surface area contributed by atoms with E-state index in [-0.39, 0.29) is 5.91 Å². The van der Waals surface area contributed by atoms with Crippen LogP contribution < -0.4 is 10.6 Å². The van der Waals surface area contributed by atoms with E-state index in [0.29, 0.717) is 31.5 Å². The fourth-order valence-electron chi connectivity index (χ4n) is 4.49. The zero-order valence-corrected chi connectivity index (χ0v) is 20.1. The highest BCUT2D eigenvalue weighted by atomic mass is 16.5. The van der Waals surface area contributed by atoms with Gasteiger partial charge in [0.1, 0.15) is 0 Å². The van der Waals surface area contributed by atoms with Crippen molar-refractivity contribution in [2.45, 2.75) is 59.2 Å². The van der Waals surface area contributed by atoms with E-state index in [0.717, 1.165) is 64.7 Å². The first-order chi connectivity index (χ1) is 15.5. The van der Waals surface area contributed by atoms with Gasteiger partial charge in [-0.15, -0.1) is 0 Å². The van der Waals surface area contributed by atoms with Crippen LogP contribution in [0.25, 0.3) is 0 Å². The van der Waals surface area contributed by atoms with E-state index in [4.69, 9.17) is 9.73 Å². The number of benzene rings is 1. The minimum absolute atomic E-state index is 0.267. The maximum Gasteiger partial charge on any atom is 0.222 e. The molecule has 0 bridgehead atoms. The van der Waals surface area contributed by atoms with E-state index in [1.54, 1.807) is 0 Å². The van der Waals surface area contributed by atoms with Crippen molar-refractivity contribution in [3.8, 4) is 0 Å². The Bertz CT molecular complexity index is 746. The molecule has 0 aromatic heterocycles. The number of carbonyl (C=O) groups is 1. The van der Waals surface area contributed by atoms with Gasteiger partial charge in [-0.25, -0.2) is 4.99 Å². The van der Waals surface area contributed by atoms with Gasteiger partial charge < -0.3 is 20.3 Å². The fourth-order valence-corrected chi connectivity index (χ4v) is 4.49. The lowest BCUT2D eigenvalue weighted by atomic mass is 10.0. The Hall–Kier alpha value is -2.12. The summed E-state index contributed by atoms with van der Waals surface area (Å²) in [5.41, 5.74) is 2.34. The second-order valence-corrected chi connectivity index (χ2v) is 9.25. The standard InChI is InChI=1S/C25H41N5O2/c1-4-26-25(28-18-23(15-20(2)3)29-11-13-32-14-12-29)27-17-21-7-5-8-22(16-21)19-30-10-6-9-24(30)31/h5,7-8,16,20,23H,4,6,9-15,17-19H2,1-3H3,(H2,26,27,28). The molecule has 1 aromatic rings. The summed E-state index contributed by atoms with van der Waals surface area (Å²) in [7, 11) is 0. The number of aliphatic imine (C=N–C) groups is 1. The lowest BCUT2D eigenvalue weighted by Crippen LogP contribution is -2.51. The van der Waals surface area contributed by atoms with Gasteiger partial charge in [0.05, 0.1) is 19.8 Å². The van der Waals surface area contributed by atoms with Crippen molar-refractivity contribution in [3.05, 3.63) is 35.4 Å². The lowest BCUT2D eigenvalue weighted by molar-refractivity contribution is -0.128. The molecular weight excluding hydrogens is 402 g/mol. The molecule has 2 N–H and O–H groups in total. The van der Waals surface area contributed by atoms with Gasteiger partial charge in [-0.2, -0.15) is 0 Å². The number of morpholine rings is 1.